The van der Waals surface area contributed by atoms with Crippen LogP contribution in [-0.4, -0.2) is 5.16 Å². The molecule has 4 rings (SSSR count). The van der Waals surface area contributed by atoms with Crippen molar-refractivity contribution in [3.63, 3.8) is 0 Å². The molecule has 4 aromatic rings. The zero-order valence-electron chi connectivity index (χ0n) is 15.0. The van der Waals surface area contributed by atoms with Crippen LogP contribution in [-0.2, 0) is 0 Å². The monoisotopic (exact) mass is 342 g/mol. The normalized spacial score (nSPS) is 12.4. The van der Waals surface area contributed by atoms with Crippen molar-refractivity contribution in [2.45, 2.75) is 25.9 Å². The highest BCUT2D eigenvalue weighted by Gasteiger charge is 2.18. The molecule has 0 saturated heterocycles. The fourth-order valence-corrected chi connectivity index (χ4v) is 4.88. The Morgan fingerprint density at radius 2 is 1.20 bits per heavy atom. The molecule has 1 atom stereocenters. The van der Waals surface area contributed by atoms with Gasteiger partial charge in [-0.1, -0.05) is 108 Å². The van der Waals surface area contributed by atoms with Crippen LogP contribution in [0.2, 0.25) is 0 Å². The summed E-state index contributed by atoms with van der Waals surface area (Å²) in [4.78, 5) is 0. The van der Waals surface area contributed by atoms with Crippen molar-refractivity contribution in [3.8, 4) is 11.1 Å². The molecular formula is C24H23P. The minimum absolute atomic E-state index is 0.280. The van der Waals surface area contributed by atoms with Crippen molar-refractivity contribution in [1.29, 1.82) is 0 Å². The van der Waals surface area contributed by atoms with Crippen molar-refractivity contribution in [1.82, 2.24) is 0 Å². The van der Waals surface area contributed by atoms with Gasteiger partial charge in [0.05, 0.1) is 0 Å². The third kappa shape index (κ3) is 3.20. The lowest BCUT2D eigenvalue weighted by atomic mass is 9.94. The highest BCUT2D eigenvalue weighted by atomic mass is 31.1. The van der Waals surface area contributed by atoms with Gasteiger partial charge in [-0.15, -0.1) is 0 Å². The number of fused-ring (bicyclic) bond motifs is 2. The average molecular weight is 342 g/mol. The Kier molecular flexibility index (Phi) is 4.10. The number of hydrogen-bond acceptors (Lipinski definition) is 0. The van der Waals surface area contributed by atoms with Gasteiger partial charge < -0.3 is 0 Å². The van der Waals surface area contributed by atoms with E-state index in [1.807, 2.05) is 0 Å². The average Bonchev–Trinajstić information content (AvgIpc) is 2.60. The van der Waals surface area contributed by atoms with Gasteiger partial charge >= 0.3 is 0 Å². The minimum Gasteiger partial charge on any atom is -0.0842 e. The molecule has 0 aromatic heterocycles. The summed E-state index contributed by atoms with van der Waals surface area (Å²) in [5, 5.41) is 7.05. The molecule has 0 spiro atoms. The van der Waals surface area contributed by atoms with E-state index in [1.54, 1.807) is 0 Å². The van der Waals surface area contributed by atoms with Crippen LogP contribution in [0.3, 0.4) is 0 Å². The van der Waals surface area contributed by atoms with Gasteiger partial charge in [0.25, 0.3) is 0 Å². The molecule has 0 radical (unpaired) electrons. The summed E-state index contributed by atoms with van der Waals surface area (Å²) in [7, 11) is 0.773. The Hall–Kier alpha value is -2.17. The molecule has 0 nitrogen and oxygen atoms in total. The molecular weight excluding hydrogens is 319 g/mol. The summed E-state index contributed by atoms with van der Waals surface area (Å²) >= 11 is 0. The Morgan fingerprint density at radius 3 is 1.92 bits per heavy atom. The largest absolute Gasteiger partial charge is 0.0842 e. The van der Waals surface area contributed by atoms with Crippen LogP contribution in [0.1, 0.15) is 20.8 Å². The van der Waals surface area contributed by atoms with Gasteiger partial charge in [-0.05, 0) is 43.1 Å². The molecule has 124 valence electrons. The van der Waals surface area contributed by atoms with Crippen LogP contribution in [0.4, 0.5) is 0 Å². The van der Waals surface area contributed by atoms with Gasteiger partial charge in [0.15, 0.2) is 0 Å². The molecule has 0 heterocycles. The van der Waals surface area contributed by atoms with Crippen molar-refractivity contribution in [3.05, 3.63) is 78.9 Å². The SMILES string of the molecule is CC(C)(C)Pc1ccc2ccccc2c1-c1cccc2ccccc12. The molecule has 0 aliphatic rings. The van der Waals surface area contributed by atoms with E-state index in [9.17, 15) is 0 Å². The third-order valence-corrected chi connectivity index (χ3v) is 5.93. The van der Waals surface area contributed by atoms with Gasteiger partial charge in [0, 0.05) is 0 Å². The smallest absolute Gasteiger partial charge is 0.00246 e. The molecule has 0 aliphatic heterocycles. The van der Waals surface area contributed by atoms with Gasteiger partial charge in [-0.2, -0.15) is 0 Å². The highest BCUT2D eigenvalue weighted by Crippen LogP contribution is 2.39. The second-order valence-electron chi connectivity index (χ2n) is 7.61. The van der Waals surface area contributed by atoms with E-state index < -0.39 is 0 Å². The molecule has 25 heavy (non-hydrogen) atoms. The van der Waals surface area contributed by atoms with E-state index in [0.717, 1.165) is 8.58 Å². The predicted molar refractivity (Wildman–Crippen MR) is 115 cm³/mol. The van der Waals surface area contributed by atoms with Crippen molar-refractivity contribution in [2.75, 3.05) is 0 Å². The molecule has 0 saturated carbocycles. The summed E-state index contributed by atoms with van der Waals surface area (Å²) in [6.45, 7) is 6.98. The third-order valence-electron chi connectivity index (χ3n) is 4.50. The second kappa shape index (κ2) is 6.28. The first-order valence-corrected chi connectivity index (χ1v) is 9.81. The van der Waals surface area contributed by atoms with Crippen LogP contribution in [0.15, 0.2) is 78.9 Å². The summed E-state index contributed by atoms with van der Waals surface area (Å²) < 4.78 is 0. The fraction of sp³-hybridized carbons (Fsp3) is 0.167. The van der Waals surface area contributed by atoms with E-state index in [-0.39, 0.29) is 5.16 Å². The van der Waals surface area contributed by atoms with Crippen LogP contribution < -0.4 is 5.30 Å². The highest BCUT2D eigenvalue weighted by molar-refractivity contribution is 7.49. The maximum atomic E-state index is 2.34. The lowest BCUT2D eigenvalue weighted by molar-refractivity contribution is 0.799. The van der Waals surface area contributed by atoms with Gasteiger partial charge in [-0.25, -0.2) is 0 Å². The number of benzene rings is 4. The summed E-state index contributed by atoms with van der Waals surface area (Å²) in [5.41, 5.74) is 2.75. The van der Waals surface area contributed by atoms with E-state index in [0.29, 0.717) is 0 Å². The molecule has 1 heteroatoms. The first kappa shape index (κ1) is 16.3. The Bertz CT molecular complexity index is 1050. The molecule has 1 unspecified atom stereocenters. The van der Waals surface area contributed by atoms with E-state index in [1.165, 1.54) is 38.0 Å². The summed E-state index contributed by atoms with van der Waals surface area (Å²) in [5.74, 6) is 0. The van der Waals surface area contributed by atoms with Gasteiger partial charge in [0.1, 0.15) is 0 Å². The minimum atomic E-state index is 0.280. The summed E-state index contributed by atoms with van der Waals surface area (Å²) in [6.07, 6.45) is 0. The van der Waals surface area contributed by atoms with E-state index >= 15 is 0 Å². The predicted octanol–water partition coefficient (Wildman–Crippen LogP) is 6.76. The maximum absolute atomic E-state index is 2.34. The lowest BCUT2D eigenvalue weighted by Crippen LogP contribution is -2.13. The summed E-state index contributed by atoms with van der Waals surface area (Å²) in [6, 6.07) is 28.8. The van der Waals surface area contributed by atoms with E-state index in [4.69, 9.17) is 0 Å². The van der Waals surface area contributed by atoms with Crippen LogP contribution >= 0.6 is 8.58 Å². The standard InChI is InChI=1S/C24H23P/c1-24(2,3)25-22-16-15-18-10-5-7-13-20(18)23(22)21-14-8-11-17-9-4-6-12-19(17)21/h4-16,25H,1-3H3. The quantitative estimate of drug-likeness (QED) is 0.353. The van der Waals surface area contributed by atoms with Crippen molar-refractivity contribution < 1.29 is 0 Å². The zero-order valence-corrected chi connectivity index (χ0v) is 16.0. The number of rotatable bonds is 2. The molecule has 0 bridgehead atoms. The Balaban J connectivity index is 2.09. The van der Waals surface area contributed by atoms with Gasteiger partial charge in [-0.3, -0.25) is 0 Å². The Labute approximate surface area is 151 Å². The molecule has 0 N–H and O–H groups in total. The van der Waals surface area contributed by atoms with Crippen molar-refractivity contribution in [2.24, 2.45) is 0 Å². The maximum Gasteiger partial charge on any atom is -0.00246 e. The van der Waals surface area contributed by atoms with Crippen LogP contribution in [0, 0.1) is 0 Å². The molecule has 0 aliphatic carbocycles. The number of hydrogen-bond donors (Lipinski definition) is 0. The second-order valence-corrected chi connectivity index (χ2v) is 9.90. The molecule has 4 aromatic carbocycles. The van der Waals surface area contributed by atoms with Gasteiger partial charge in [0.2, 0.25) is 0 Å². The molecule has 0 amide bonds. The van der Waals surface area contributed by atoms with Crippen LogP contribution in [0.5, 0.6) is 0 Å². The Morgan fingerprint density at radius 1 is 0.600 bits per heavy atom. The molecule has 0 fully saturated rings. The lowest BCUT2D eigenvalue weighted by Gasteiger charge is -2.22. The topological polar surface area (TPSA) is 0 Å². The zero-order chi connectivity index (χ0) is 17.4. The first-order chi connectivity index (χ1) is 12.0. The van der Waals surface area contributed by atoms with Crippen LogP contribution in [0.25, 0.3) is 32.7 Å². The van der Waals surface area contributed by atoms with E-state index in [2.05, 4.69) is 99.6 Å². The van der Waals surface area contributed by atoms with Crippen molar-refractivity contribution >= 4 is 35.4 Å². The fourth-order valence-electron chi connectivity index (χ4n) is 3.51. The first-order valence-electron chi connectivity index (χ1n) is 8.81.